The molecule has 0 spiro atoms. The molecule has 1 atom stereocenters. The molecule has 1 N–H and O–H groups in total. The quantitative estimate of drug-likeness (QED) is 0.485. The first-order valence-corrected chi connectivity index (χ1v) is 12.3. The summed E-state index contributed by atoms with van der Waals surface area (Å²) in [7, 11) is 1.61. The van der Waals surface area contributed by atoms with Crippen LogP contribution in [-0.2, 0) is 16.0 Å². The van der Waals surface area contributed by atoms with E-state index in [-0.39, 0.29) is 24.3 Å². The zero-order valence-electron chi connectivity index (χ0n) is 19.1. The van der Waals surface area contributed by atoms with Gasteiger partial charge in [0.1, 0.15) is 11.8 Å². The summed E-state index contributed by atoms with van der Waals surface area (Å²) >= 11 is 1.55. The highest BCUT2D eigenvalue weighted by Gasteiger charge is 2.34. The van der Waals surface area contributed by atoms with Crippen LogP contribution in [0.4, 0.5) is 5.69 Å². The van der Waals surface area contributed by atoms with E-state index in [1.54, 1.807) is 23.3 Å². The summed E-state index contributed by atoms with van der Waals surface area (Å²) < 4.78 is 5.31. The Balaban J connectivity index is 1.75. The molecule has 0 aliphatic heterocycles. The molecular weight excluding hydrogens is 432 g/mol. The minimum atomic E-state index is -0.772. The van der Waals surface area contributed by atoms with Gasteiger partial charge in [-0.25, -0.2) is 0 Å². The molecule has 0 saturated heterocycles. The summed E-state index contributed by atoms with van der Waals surface area (Å²) in [6.45, 7) is 2.01. The average Bonchev–Trinajstić information content (AvgIpc) is 3.53. The number of benzene rings is 2. The van der Waals surface area contributed by atoms with E-state index in [2.05, 4.69) is 5.32 Å². The van der Waals surface area contributed by atoms with Gasteiger partial charge in [-0.15, -0.1) is 11.3 Å². The van der Waals surface area contributed by atoms with Gasteiger partial charge in [0.15, 0.2) is 0 Å². The van der Waals surface area contributed by atoms with Crippen molar-refractivity contribution in [1.82, 2.24) is 5.32 Å². The Kier molecular flexibility index (Phi) is 7.45. The fourth-order valence-corrected chi connectivity index (χ4v) is 5.04. The minimum Gasteiger partial charge on any atom is -0.497 e. The third kappa shape index (κ3) is 5.63. The number of nitrogens with zero attached hydrogens (tertiary/aromatic N) is 1. The second-order valence-corrected chi connectivity index (χ2v) is 9.55. The number of ether oxygens (including phenoxy) is 1. The molecule has 3 aromatic rings. The van der Waals surface area contributed by atoms with Crippen LogP contribution in [0.1, 0.15) is 47.7 Å². The minimum absolute atomic E-state index is 0.108. The molecule has 1 heterocycles. The van der Waals surface area contributed by atoms with Gasteiger partial charge in [0, 0.05) is 16.6 Å². The summed E-state index contributed by atoms with van der Waals surface area (Å²) in [5, 5.41) is 5.18. The van der Waals surface area contributed by atoms with Crippen LogP contribution in [0.2, 0.25) is 0 Å². The fourth-order valence-electron chi connectivity index (χ4n) is 4.34. The second-order valence-electron chi connectivity index (χ2n) is 8.52. The predicted molar refractivity (Wildman–Crippen MR) is 133 cm³/mol. The van der Waals surface area contributed by atoms with Crippen molar-refractivity contribution in [3.8, 4) is 5.75 Å². The fraction of sp³-hybridized carbons (Fsp3) is 0.333. The molecule has 1 saturated carbocycles. The molecule has 0 unspecified atom stereocenters. The van der Waals surface area contributed by atoms with Gasteiger partial charge in [-0.1, -0.05) is 48.7 Å². The molecule has 2 amide bonds. The van der Waals surface area contributed by atoms with E-state index < -0.39 is 6.04 Å². The van der Waals surface area contributed by atoms with Crippen LogP contribution in [0.25, 0.3) is 0 Å². The molecule has 0 bridgehead atoms. The number of carbonyl (C=O) groups excluding carboxylic acids is 2. The van der Waals surface area contributed by atoms with Gasteiger partial charge in [0.05, 0.1) is 13.5 Å². The zero-order valence-corrected chi connectivity index (χ0v) is 19.9. The Morgan fingerprint density at radius 1 is 1.06 bits per heavy atom. The van der Waals surface area contributed by atoms with Crippen molar-refractivity contribution in [3.63, 3.8) is 0 Å². The number of hydrogen-bond acceptors (Lipinski definition) is 4. The number of hydrogen-bond donors (Lipinski definition) is 1. The lowest BCUT2D eigenvalue weighted by atomic mass is 10.0. The zero-order chi connectivity index (χ0) is 23.2. The molecule has 1 fully saturated rings. The number of anilines is 1. The summed E-state index contributed by atoms with van der Waals surface area (Å²) in [5.74, 6) is 0.455. The number of nitrogens with one attached hydrogen (secondary N) is 1. The molecule has 1 aliphatic rings. The Morgan fingerprint density at radius 2 is 1.76 bits per heavy atom. The first-order valence-electron chi connectivity index (χ1n) is 11.4. The lowest BCUT2D eigenvalue weighted by Gasteiger charge is -2.32. The van der Waals surface area contributed by atoms with Crippen molar-refractivity contribution >= 4 is 28.8 Å². The van der Waals surface area contributed by atoms with E-state index in [0.717, 1.165) is 41.7 Å². The van der Waals surface area contributed by atoms with Crippen molar-refractivity contribution in [1.29, 1.82) is 0 Å². The Labute approximate surface area is 199 Å². The average molecular weight is 463 g/mol. The van der Waals surface area contributed by atoms with Crippen LogP contribution < -0.4 is 15.0 Å². The maximum absolute atomic E-state index is 13.7. The largest absolute Gasteiger partial charge is 0.497 e. The standard InChI is InChI=1S/C27H30N2O3S/c1-19-9-13-22(14-10-19)29(25(30)18-24-8-5-17-33-24)26(20-11-15-23(32-2)16-12-20)27(31)28-21-6-3-4-7-21/h5,8-17,21,26H,3-4,6-7,18H2,1-2H3,(H,28,31)/t26-/m1/s1. The van der Waals surface area contributed by atoms with Gasteiger partial charge in [-0.2, -0.15) is 0 Å². The molecule has 4 rings (SSSR count). The smallest absolute Gasteiger partial charge is 0.248 e. The van der Waals surface area contributed by atoms with Crippen molar-refractivity contribution in [3.05, 3.63) is 82.0 Å². The number of carbonyl (C=O) groups is 2. The topological polar surface area (TPSA) is 58.6 Å². The van der Waals surface area contributed by atoms with Crippen LogP contribution in [0.3, 0.4) is 0 Å². The summed E-state index contributed by atoms with van der Waals surface area (Å²) in [5.41, 5.74) is 2.57. The highest BCUT2D eigenvalue weighted by molar-refractivity contribution is 7.10. The predicted octanol–water partition coefficient (Wildman–Crippen LogP) is 5.44. The first kappa shape index (κ1) is 23.1. The molecule has 6 heteroatoms. The van der Waals surface area contributed by atoms with Gasteiger partial charge in [0.2, 0.25) is 11.8 Å². The van der Waals surface area contributed by atoms with Crippen molar-refractivity contribution in [2.45, 2.75) is 51.1 Å². The third-order valence-corrected chi connectivity index (χ3v) is 7.00. The summed E-state index contributed by atoms with van der Waals surface area (Å²) in [6.07, 6.45) is 4.45. The van der Waals surface area contributed by atoms with Crippen LogP contribution in [0.5, 0.6) is 5.75 Å². The Morgan fingerprint density at radius 3 is 2.36 bits per heavy atom. The van der Waals surface area contributed by atoms with E-state index in [4.69, 9.17) is 4.74 Å². The van der Waals surface area contributed by atoms with Gasteiger partial charge in [-0.05, 0) is 61.0 Å². The third-order valence-electron chi connectivity index (χ3n) is 6.13. The first-order chi connectivity index (χ1) is 16.0. The van der Waals surface area contributed by atoms with E-state index in [1.165, 1.54) is 0 Å². The van der Waals surface area contributed by atoms with Crippen molar-refractivity contribution < 1.29 is 14.3 Å². The SMILES string of the molecule is COc1ccc([C@H](C(=O)NC2CCCC2)N(C(=O)Cc2cccs2)c2ccc(C)cc2)cc1. The molecule has 1 aliphatic carbocycles. The lowest BCUT2D eigenvalue weighted by molar-refractivity contribution is -0.127. The van der Waals surface area contributed by atoms with Gasteiger partial charge >= 0.3 is 0 Å². The van der Waals surface area contributed by atoms with Gasteiger partial charge in [0.25, 0.3) is 0 Å². The Bertz CT molecular complexity index is 1060. The molecule has 2 aromatic carbocycles. The number of amides is 2. The van der Waals surface area contributed by atoms with E-state index in [0.29, 0.717) is 11.4 Å². The van der Waals surface area contributed by atoms with Crippen molar-refractivity contribution in [2.24, 2.45) is 0 Å². The molecule has 1 aromatic heterocycles. The highest BCUT2D eigenvalue weighted by atomic mass is 32.1. The van der Waals surface area contributed by atoms with Crippen LogP contribution in [0, 0.1) is 6.92 Å². The number of aryl methyl sites for hydroxylation is 1. The van der Waals surface area contributed by atoms with E-state index >= 15 is 0 Å². The molecule has 5 nitrogen and oxygen atoms in total. The van der Waals surface area contributed by atoms with Crippen LogP contribution in [0.15, 0.2) is 66.0 Å². The maximum atomic E-state index is 13.7. The second kappa shape index (κ2) is 10.7. The van der Waals surface area contributed by atoms with Crippen LogP contribution >= 0.6 is 11.3 Å². The maximum Gasteiger partial charge on any atom is 0.248 e. The van der Waals surface area contributed by atoms with Crippen LogP contribution in [-0.4, -0.2) is 25.0 Å². The number of thiophene rings is 1. The summed E-state index contributed by atoms with van der Waals surface area (Å²) in [6, 6.07) is 18.5. The van der Waals surface area contributed by atoms with Gasteiger partial charge in [-0.3, -0.25) is 14.5 Å². The summed E-state index contributed by atoms with van der Waals surface area (Å²) in [4.78, 5) is 30.0. The number of methoxy groups -OCH3 is 1. The monoisotopic (exact) mass is 462 g/mol. The highest BCUT2D eigenvalue weighted by Crippen LogP contribution is 2.31. The van der Waals surface area contributed by atoms with Gasteiger partial charge < -0.3 is 10.1 Å². The van der Waals surface area contributed by atoms with Crippen molar-refractivity contribution in [2.75, 3.05) is 12.0 Å². The molecular formula is C27H30N2O3S. The lowest BCUT2D eigenvalue weighted by Crippen LogP contribution is -2.46. The number of rotatable bonds is 8. The van der Waals surface area contributed by atoms with E-state index in [9.17, 15) is 9.59 Å². The normalized spacial score (nSPS) is 14.6. The molecule has 0 radical (unpaired) electrons. The Hall–Kier alpha value is -3.12. The molecule has 172 valence electrons. The van der Waals surface area contributed by atoms with E-state index in [1.807, 2.05) is 73.0 Å². The molecule has 33 heavy (non-hydrogen) atoms.